The zero-order valence-electron chi connectivity index (χ0n) is 13.6. The molecule has 3 aromatic heterocycles. The van der Waals surface area contributed by atoms with Crippen LogP contribution in [0, 0.1) is 0 Å². The normalized spacial score (nSPS) is 21.4. The minimum Gasteiger partial charge on any atom is -0.472 e. The van der Waals surface area contributed by atoms with Crippen molar-refractivity contribution in [2.24, 2.45) is 0 Å². The molecular weight excluding hydrogens is 326 g/mol. The number of likely N-dealkylation sites (tertiary alicyclic amines) is 1. The molecular formula is C16H19N5O2S. The highest BCUT2D eigenvalue weighted by molar-refractivity contribution is 7.15. The smallest absolute Gasteiger partial charge is 0.232 e. The van der Waals surface area contributed by atoms with Crippen LogP contribution in [0.5, 0.6) is 5.88 Å². The number of hydrogen-bond donors (Lipinski definition) is 1. The summed E-state index contributed by atoms with van der Waals surface area (Å²) in [6.45, 7) is 4.00. The first-order valence-corrected chi connectivity index (χ1v) is 8.76. The summed E-state index contributed by atoms with van der Waals surface area (Å²) in [7, 11) is 1.89. The third-order valence-electron chi connectivity index (χ3n) is 4.30. The Hall–Kier alpha value is -2.19. The Morgan fingerprint density at radius 3 is 3.17 bits per heavy atom. The van der Waals surface area contributed by atoms with Crippen LogP contribution in [0.4, 0.5) is 5.13 Å². The van der Waals surface area contributed by atoms with E-state index in [2.05, 4.69) is 32.1 Å². The van der Waals surface area contributed by atoms with Crippen molar-refractivity contribution in [3.05, 3.63) is 29.7 Å². The Morgan fingerprint density at radius 1 is 1.42 bits per heavy atom. The minimum atomic E-state index is 0.115. The van der Waals surface area contributed by atoms with Crippen LogP contribution < -0.4 is 10.1 Å². The van der Waals surface area contributed by atoms with Crippen LogP contribution in [0.25, 0.3) is 11.1 Å². The number of fused-ring (bicyclic) bond motifs is 1. The van der Waals surface area contributed by atoms with Crippen LogP contribution in [0.1, 0.15) is 18.2 Å². The fourth-order valence-corrected chi connectivity index (χ4v) is 3.86. The topological polar surface area (TPSA) is 76.3 Å². The van der Waals surface area contributed by atoms with Gasteiger partial charge in [-0.3, -0.25) is 4.90 Å². The van der Waals surface area contributed by atoms with Gasteiger partial charge in [-0.15, -0.1) is 11.3 Å². The van der Waals surface area contributed by atoms with Gasteiger partial charge in [0.2, 0.25) is 11.6 Å². The van der Waals surface area contributed by atoms with Crippen LogP contribution >= 0.6 is 11.3 Å². The summed E-state index contributed by atoms with van der Waals surface area (Å²) in [5, 5.41) is 4.86. The summed E-state index contributed by atoms with van der Waals surface area (Å²) < 4.78 is 11.4. The van der Waals surface area contributed by atoms with Crippen molar-refractivity contribution < 1.29 is 9.15 Å². The molecule has 24 heavy (non-hydrogen) atoms. The van der Waals surface area contributed by atoms with Crippen molar-refractivity contribution in [1.29, 1.82) is 0 Å². The summed E-state index contributed by atoms with van der Waals surface area (Å²) in [5.41, 5.74) is 0.562. The maximum Gasteiger partial charge on any atom is 0.232 e. The van der Waals surface area contributed by atoms with E-state index in [9.17, 15) is 0 Å². The Kier molecular flexibility index (Phi) is 4.07. The first kappa shape index (κ1) is 15.3. The van der Waals surface area contributed by atoms with Gasteiger partial charge in [0.15, 0.2) is 5.13 Å². The van der Waals surface area contributed by atoms with Gasteiger partial charge in [0.05, 0.1) is 6.26 Å². The second-order valence-corrected chi connectivity index (χ2v) is 7.07. The molecule has 0 spiro atoms. The van der Waals surface area contributed by atoms with Gasteiger partial charge in [0.1, 0.15) is 17.8 Å². The number of nitrogens with zero attached hydrogens (tertiary/aromatic N) is 4. The SMILES string of the molecule is CNc1ncc(CN2CC(Oc3ncnc4occc34)CC2C)s1. The van der Waals surface area contributed by atoms with Crippen LogP contribution in [0.2, 0.25) is 0 Å². The Bertz CT molecular complexity index is 833. The van der Waals surface area contributed by atoms with Crippen LogP contribution in [-0.2, 0) is 6.54 Å². The van der Waals surface area contributed by atoms with Crippen LogP contribution in [0.3, 0.4) is 0 Å². The van der Waals surface area contributed by atoms with E-state index in [4.69, 9.17) is 9.15 Å². The summed E-state index contributed by atoms with van der Waals surface area (Å²) in [5.74, 6) is 0.600. The second kappa shape index (κ2) is 6.37. The number of aromatic nitrogens is 3. The molecule has 1 aliphatic rings. The van der Waals surface area contributed by atoms with Gasteiger partial charge in [-0.1, -0.05) is 0 Å². The number of furan rings is 1. The van der Waals surface area contributed by atoms with Gasteiger partial charge in [-0.05, 0) is 13.0 Å². The fraction of sp³-hybridized carbons (Fsp3) is 0.438. The maximum absolute atomic E-state index is 6.13. The number of rotatable bonds is 5. The first-order valence-electron chi connectivity index (χ1n) is 7.94. The summed E-state index contributed by atoms with van der Waals surface area (Å²) in [4.78, 5) is 16.4. The number of thiazole rings is 1. The highest BCUT2D eigenvalue weighted by Crippen LogP contribution is 2.29. The van der Waals surface area contributed by atoms with Gasteiger partial charge in [0.25, 0.3) is 0 Å². The Morgan fingerprint density at radius 2 is 2.33 bits per heavy atom. The zero-order chi connectivity index (χ0) is 16.5. The molecule has 1 N–H and O–H groups in total. The van der Waals surface area contributed by atoms with Crippen molar-refractivity contribution in [3.63, 3.8) is 0 Å². The number of anilines is 1. The average Bonchev–Trinajstić information content (AvgIpc) is 3.29. The number of hydrogen-bond acceptors (Lipinski definition) is 8. The quantitative estimate of drug-likeness (QED) is 0.762. The molecule has 0 amide bonds. The largest absolute Gasteiger partial charge is 0.472 e. The molecule has 1 fully saturated rings. The molecule has 0 radical (unpaired) electrons. The van der Waals surface area contributed by atoms with E-state index >= 15 is 0 Å². The summed E-state index contributed by atoms with van der Waals surface area (Å²) in [6.07, 6.45) is 6.12. The third kappa shape index (κ3) is 2.94. The van der Waals surface area contributed by atoms with Gasteiger partial charge in [-0.2, -0.15) is 0 Å². The molecule has 0 aliphatic carbocycles. The fourth-order valence-electron chi connectivity index (χ4n) is 3.07. The lowest BCUT2D eigenvalue weighted by molar-refractivity contribution is 0.191. The molecule has 0 bridgehead atoms. The lowest BCUT2D eigenvalue weighted by atomic mass is 10.2. The van der Waals surface area contributed by atoms with Gasteiger partial charge in [0, 0.05) is 43.7 Å². The van der Waals surface area contributed by atoms with E-state index in [0.29, 0.717) is 17.6 Å². The lowest BCUT2D eigenvalue weighted by Crippen LogP contribution is -2.27. The molecule has 3 aromatic rings. The number of ether oxygens (including phenoxy) is 1. The van der Waals surface area contributed by atoms with E-state index in [1.165, 1.54) is 11.2 Å². The van der Waals surface area contributed by atoms with Crippen LogP contribution in [0.15, 0.2) is 29.3 Å². The first-order chi connectivity index (χ1) is 11.7. The highest BCUT2D eigenvalue weighted by Gasteiger charge is 2.31. The molecule has 126 valence electrons. The van der Waals surface area contributed by atoms with Crippen molar-refractivity contribution in [1.82, 2.24) is 19.9 Å². The van der Waals surface area contributed by atoms with E-state index < -0.39 is 0 Å². The standard InChI is InChI=1S/C16H19N5O2S/c1-10-5-11(7-21(10)8-12-6-18-16(17-2)24-12)23-15-13-3-4-22-14(13)19-9-20-15/h3-4,6,9-11H,5,7-8H2,1-2H3,(H,17,18). The monoisotopic (exact) mass is 345 g/mol. The molecule has 4 rings (SSSR count). The van der Waals surface area contributed by atoms with Crippen molar-refractivity contribution >= 4 is 27.6 Å². The molecule has 0 aromatic carbocycles. The third-order valence-corrected chi connectivity index (χ3v) is 5.29. The molecule has 2 unspecified atom stereocenters. The second-order valence-electron chi connectivity index (χ2n) is 5.95. The van der Waals surface area contributed by atoms with E-state index in [1.807, 2.05) is 19.3 Å². The van der Waals surface area contributed by atoms with Gasteiger partial charge >= 0.3 is 0 Å². The summed E-state index contributed by atoms with van der Waals surface area (Å²) in [6, 6.07) is 2.30. The van der Waals surface area contributed by atoms with E-state index in [1.54, 1.807) is 17.6 Å². The molecule has 8 heteroatoms. The van der Waals surface area contributed by atoms with Crippen LogP contribution in [-0.4, -0.2) is 45.6 Å². The molecule has 7 nitrogen and oxygen atoms in total. The number of nitrogens with one attached hydrogen (secondary N) is 1. The minimum absolute atomic E-state index is 0.115. The zero-order valence-corrected chi connectivity index (χ0v) is 14.4. The summed E-state index contributed by atoms with van der Waals surface area (Å²) >= 11 is 1.69. The lowest BCUT2D eigenvalue weighted by Gasteiger charge is -2.19. The van der Waals surface area contributed by atoms with Crippen molar-refractivity contribution in [2.75, 3.05) is 18.9 Å². The molecule has 2 atom stereocenters. The molecule has 4 heterocycles. The predicted molar refractivity (Wildman–Crippen MR) is 92.4 cm³/mol. The molecule has 0 saturated carbocycles. The van der Waals surface area contributed by atoms with Crippen molar-refractivity contribution in [3.8, 4) is 5.88 Å². The highest BCUT2D eigenvalue weighted by atomic mass is 32.1. The molecule has 1 saturated heterocycles. The Balaban J connectivity index is 1.44. The Labute approximate surface area is 143 Å². The maximum atomic E-state index is 6.13. The molecule has 1 aliphatic heterocycles. The van der Waals surface area contributed by atoms with Gasteiger partial charge in [-0.25, -0.2) is 15.0 Å². The van der Waals surface area contributed by atoms with Crippen molar-refractivity contribution in [2.45, 2.75) is 32.0 Å². The predicted octanol–water partition coefficient (Wildman–Crippen LogP) is 2.76. The average molecular weight is 345 g/mol. The van der Waals surface area contributed by atoms with E-state index in [0.717, 1.165) is 30.0 Å². The van der Waals surface area contributed by atoms with E-state index in [-0.39, 0.29) is 6.10 Å². The van der Waals surface area contributed by atoms with Gasteiger partial charge < -0.3 is 14.5 Å².